The summed E-state index contributed by atoms with van der Waals surface area (Å²) in [6.07, 6.45) is 10.7. The zero-order valence-corrected chi connectivity index (χ0v) is 9.97. The predicted molar refractivity (Wildman–Crippen MR) is 61.7 cm³/mol. The van der Waals surface area contributed by atoms with Gasteiger partial charge in [-0.3, -0.25) is 0 Å². The Morgan fingerprint density at radius 3 is 1.92 bits per heavy atom. The van der Waals surface area contributed by atoms with Crippen LogP contribution in [0, 0.1) is 18.3 Å². The summed E-state index contributed by atoms with van der Waals surface area (Å²) in [5, 5.41) is 0. The smallest absolute Gasteiger partial charge is 0.0386 e. The first-order chi connectivity index (χ1) is 6.13. The maximum atomic E-state index is 2.47. The van der Waals surface area contributed by atoms with Crippen LogP contribution in [0.25, 0.3) is 0 Å². The maximum absolute atomic E-state index is 2.47. The summed E-state index contributed by atoms with van der Waals surface area (Å²) in [5.41, 5.74) is 0. The Labute approximate surface area is 85.1 Å². The molecule has 0 heterocycles. The van der Waals surface area contributed by atoms with E-state index in [0.717, 1.165) is 11.8 Å². The van der Waals surface area contributed by atoms with Crippen LogP contribution in [0.1, 0.15) is 66.2 Å². The fraction of sp³-hybridized carbons (Fsp3) is 0.923. The van der Waals surface area contributed by atoms with Crippen LogP contribution in [-0.4, -0.2) is 0 Å². The van der Waals surface area contributed by atoms with Crippen LogP contribution in [0.5, 0.6) is 0 Å². The molecule has 0 spiro atoms. The molecule has 13 heavy (non-hydrogen) atoms. The molecule has 0 bridgehead atoms. The molecule has 0 amide bonds. The average molecular weight is 183 g/mol. The summed E-state index contributed by atoms with van der Waals surface area (Å²) in [6.45, 7) is 9.21. The van der Waals surface area contributed by atoms with Gasteiger partial charge in [-0.15, -0.1) is 0 Å². The highest BCUT2D eigenvalue weighted by Gasteiger charge is 1.96. The summed E-state index contributed by atoms with van der Waals surface area (Å²) in [5.74, 6) is 1.75. The topological polar surface area (TPSA) is 0 Å². The number of unbranched alkanes of at least 4 members (excludes halogenated alkanes) is 4. The lowest BCUT2D eigenvalue weighted by Gasteiger charge is -2.05. The molecular formula is C13H27. The van der Waals surface area contributed by atoms with Crippen molar-refractivity contribution >= 4 is 0 Å². The van der Waals surface area contributed by atoms with Gasteiger partial charge in [0.1, 0.15) is 0 Å². The van der Waals surface area contributed by atoms with Crippen molar-refractivity contribution in [2.24, 2.45) is 11.8 Å². The molecule has 0 saturated carbocycles. The van der Waals surface area contributed by atoms with Gasteiger partial charge in [-0.25, -0.2) is 0 Å². The molecule has 1 radical (unpaired) electrons. The van der Waals surface area contributed by atoms with Gasteiger partial charge in [-0.2, -0.15) is 0 Å². The molecule has 0 fully saturated rings. The Bertz CT molecular complexity index is 80.2. The van der Waals surface area contributed by atoms with Crippen molar-refractivity contribution in [2.45, 2.75) is 66.2 Å². The van der Waals surface area contributed by atoms with Crippen LogP contribution in [0.4, 0.5) is 0 Å². The SMILES string of the molecule is CC(C)CC[CH]CCCCC(C)C. The molecule has 0 nitrogen and oxygen atoms in total. The lowest BCUT2D eigenvalue weighted by atomic mass is 10.0. The predicted octanol–water partition coefficient (Wildman–Crippen LogP) is 4.84. The summed E-state index contributed by atoms with van der Waals surface area (Å²) in [6, 6.07) is 0. The molecular weight excluding hydrogens is 156 g/mol. The molecule has 0 saturated heterocycles. The summed E-state index contributed by atoms with van der Waals surface area (Å²) < 4.78 is 0. The van der Waals surface area contributed by atoms with E-state index in [2.05, 4.69) is 34.1 Å². The third kappa shape index (κ3) is 12.0. The van der Waals surface area contributed by atoms with E-state index in [1.807, 2.05) is 0 Å². The minimum absolute atomic E-state index is 0.868. The quantitative estimate of drug-likeness (QED) is 0.472. The maximum Gasteiger partial charge on any atom is -0.0386 e. The normalized spacial score (nSPS) is 11.5. The van der Waals surface area contributed by atoms with Crippen LogP contribution in [-0.2, 0) is 0 Å². The Balaban J connectivity index is 2.92. The fourth-order valence-corrected chi connectivity index (χ4v) is 1.44. The van der Waals surface area contributed by atoms with Crippen molar-refractivity contribution in [3.63, 3.8) is 0 Å². The van der Waals surface area contributed by atoms with E-state index in [9.17, 15) is 0 Å². The number of hydrogen-bond donors (Lipinski definition) is 0. The fourth-order valence-electron chi connectivity index (χ4n) is 1.44. The molecule has 79 valence electrons. The molecule has 0 heteroatoms. The van der Waals surface area contributed by atoms with Crippen molar-refractivity contribution < 1.29 is 0 Å². The van der Waals surface area contributed by atoms with Gasteiger partial charge >= 0.3 is 0 Å². The first kappa shape index (κ1) is 13.0. The molecule has 0 aliphatic carbocycles. The molecule has 0 aliphatic heterocycles. The zero-order chi connectivity index (χ0) is 10.1. The van der Waals surface area contributed by atoms with Crippen LogP contribution in [0.15, 0.2) is 0 Å². The minimum atomic E-state index is 0.868. The van der Waals surface area contributed by atoms with E-state index in [0.29, 0.717) is 0 Å². The Morgan fingerprint density at radius 1 is 0.769 bits per heavy atom. The van der Waals surface area contributed by atoms with Crippen molar-refractivity contribution in [2.75, 3.05) is 0 Å². The largest absolute Gasteiger partial charge is 0.0628 e. The van der Waals surface area contributed by atoms with E-state index in [-0.39, 0.29) is 0 Å². The second kappa shape index (κ2) is 8.59. The van der Waals surface area contributed by atoms with Gasteiger partial charge in [0.25, 0.3) is 0 Å². The second-order valence-corrected chi connectivity index (χ2v) is 4.94. The number of rotatable bonds is 8. The highest BCUT2D eigenvalue weighted by molar-refractivity contribution is 4.65. The van der Waals surface area contributed by atoms with E-state index in [1.165, 1.54) is 38.5 Å². The Hall–Kier alpha value is 0. The van der Waals surface area contributed by atoms with Gasteiger partial charge in [0, 0.05) is 0 Å². The molecule has 0 N–H and O–H groups in total. The number of hydrogen-bond acceptors (Lipinski definition) is 0. The van der Waals surface area contributed by atoms with Crippen LogP contribution in [0.2, 0.25) is 0 Å². The summed E-state index contributed by atoms with van der Waals surface area (Å²) in [4.78, 5) is 0. The minimum Gasteiger partial charge on any atom is -0.0628 e. The highest BCUT2D eigenvalue weighted by Crippen LogP contribution is 2.12. The van der Waals surface area contributed by atoms with E-state index >= 15 is 0 Å². The molecule has 0 atom stereocenters. The summed E-state index contributed by atoms with van der Waals surface area (Å²) in [7, 11) is 0. The molecule has 0 aliphatic rings. The van der Waals surface area contributed by atoms with Crippen molar-refractivity contribution in [3.8, 4) is 0 Å². The van der Waals surface area contributed by atoms with Gasteiger partial charge in [0.2, 0.25) is 0 Å². The lowest BCUT2D eigenvalue weighted by molar-refractivity contribution is 0.526. The standard InChI is InChI=1S/C13H27/c1-12(2)10-8-6-5-7-9-11-13(3)4/h6,12-13H,5,7-11H2,1-4H3. The van der Waals surface area contributed by atoms with Crippen LogP contribution in [0.3, 0.4) is 0 Å². The Morgan fingerprint density at radius 2 is 1.38 bits per heavy atom. The van der Waals surface area contributed by atoms with Crippen molar-refractivity contribution in [1.82, 2.24) is 0 Å². The third-order valence-corrected chi connectivity index (χ3v) is 2.39. The second-order valence-electron chi connectivity index (χ2n) is 4.94. The zero-order valence-electron chi connectivity index (χ0n) is 9.97. The summed E-state index contributed by atoms with van der Waals surface area (Å²) >= 11 is 0. The van der Waals surface area contributed by atoms with Crippen molar-refractivity contribution in [3.05, 3.63) is 6.42 Å². The molecule has 0 aromatic heterocycles. The van der Waals surface area contributed by atoms with Crippen LogP contribution >= 0.6 is 0 Å². The molecule has 0 aromatic carbocycles. The van der Waals surface area contributed by atoms with Crippen molar-refractivity contribution in [1.29, 1.82) is 0 Å². The Kier molecular flexibility index (Phi) is 8.59. The third-order valence-electron chi connectivity index (χ3n) is 2.39. The highest BCUT2D eigenvalue weighted by atomic mass is 14.0. The first-order valence-corrected chi connectivity index (χ1v) is 5.94. The van der Waals surface area contributed by atoms with E-state index < -0.39 is 0 Å². The average Bonchev–Trinajstić information content (AvgIpc) is 2.01. The monoisotopic (exact) mass is 183 g/mol. The first-order valence-electron chi connectivity index (χ1n) is 5.94. The van der Waals surface area contributed by atoms with Gasteiger partial charge < -0.3 is 0 Å². The van der Waals surface area contributed by atoms with Gasteiger partial charge in [-0.05, 0) is 24.7 Å². The molecule has 0 rings (SSSR count). The van der Waals surface area contributed by atoms with Gasteiger partial charge in [0.15, 0.2) is 0 Å². The van der Waals surface area contributed by atoms with E-state index in [1.54, 1.807) is 0 Å². The van der Waals surface area contributed by atoms with E-state index in [4.69, 9.17) is 0 Å². The molecule has 0 aromatic rings. The lowest BCUT2D eigenvalue weighted by Crippen LogP contribution is -1.89. The van der Waals surface area contributed by atoms with Gasteiger partial charge in [-0.1, -0.05) is 59.8 Å². The van der Waals surface area contributed by atoms with Crippen LogP contribution < -0.4 is 0 Å². The van der Waals surface area contributed by atoms with Gasteiger partial charge in [0.05, 0.1) is 0 Å². The molecule has 0 unspecified atom stereocenters.